The predicted octanol–water partition coefficient (Wildman–Crippen LogP) is 2.48. The minimum atomic E-state index is 0.597. The summed E-state index contributed by atoms with van der Waals surface area (Å²) in [6.45, 7) is 1.95. The van der Waals surface area contributed by atoms with Crippen LogP contribution in [-0.4, -0.2) is 12.8 Å². The van der Waals surface area contributed by atoms with Crippen LogP contribution >= 0.6 is 15.9 Å². The zero-order chi connectivity index (χ0) is 12.1. The van der Waals surface area contributed by atoms with Crippen molar-refractivity contribution >= 4 is 21.6 Å². The number of aliphatic imine (C=N–C) groups is 1. The van der Waals surface area contributed by atoms with Crippen LogP contribution in [-0.2, 0) is 0 Å². The third-order valence-electron chi connectivity index (χ3n) is 2.15. The van der Waals surface area contributed by atoms with Crippen LogP contribution in [0.3, 0.4) is 0 Å². The van der Waals surface area contributed by atoms with Crippen LogP contribution in [0.5, 0.6) is 0 Å². The summed E-state index contributed by atoms with van der Waals surface area (Å²) < 4.78 is 0.676. The number of rotatable bonds is 2. The Hall–Kier alpha value is -1.60. The first-order chi connectivity index (χ1) is 7.63. The maximum absolute atomic E-state index is 9.07. The first-order valence-corrected chi connectivity index (χ1v) is 5.49. The van der Waals surface area contributed by atoms with Crippen molar-refractivity contribution in [2.24, 2.45) is 10.7 Å². The van der Waals surface area contributed by atoms with Gasteiger partial charge in [-0.05, 0) is 34.5 Å². The van der Waals surface area contributed by atoms with Gasteiger partial charge in [0.15, 0.2) is 0 Å². The summed E-state index contributed by atoms with van der Waals surface area (Å²) in [4.78, 5) is 4.14. The van der Waals surface area contributed by atoms with Gasteiger partial charge >= 0.3 is 0 Å². The minimum Gasteiger partial charge on any atom is -0.404 e. The summed E-state index contributed by atoms with van der Waals surface area (Å²) in [6.07, 6.45) is 1.42. The standard InChI is InChI=1S/C12H12BrN3/c1-8-3-4-10(9(5-8)6-14)12(16-2)11(13)7-15/h3-5,7H,15H2,1-2H3/b11-7+,16-12?. The van der Waals surface area contributed by atoms with E-state index < -0.39 is 0 Å². The van der Waals surface area contributed by atoms with Gasteiger partial charge in [-0.1, -0.05) is 12.1 Å². The first kappa shape index (κ1) is 12.5. The second kappa shape index (κ2) is 5.47. The molecule has 1 aromatic rings. The number of hydrogen-bond acceptors (Lipinski definition) is 3. The average Bonchev–Trinajstić information content (AvgIpc) is 2.31. The molecule has 0 heterocycles. The van der Waals surface area contributed by atoms with Gasteiger partial charge in [0.25, 0.3) is 0 Å². The molecule has 0 saturated carbocycles. The zero-order valence-electron chi connectivity index (χ0n) is 9.16. The number of nitriles is 1. The Balaban J connectivity index is 3.39. The fourth-order valence-corrected chi connectivity index (χ4v) is 1.78. The average molecular weight is 278 g/mol. The van der Waals surface area contributed by atoms with E-state index >= 15 is 0 Å². The van der Waals surface area contributed by atoms with E-state index in [1.807, 2.05) is 25.1 Å². The summed E-state index contributed by atoms with van der Waals surface area (Å²) in [7, 11) is 1.67. The maximum Gasteiger partial charge on any atom is 0.0998 e. The highest BCUT2D eigenvalue weighted by Crippen LogP contribution is 2.18. The van der Waals surface area contributed by atoms with Gasteiger partial charge < -0.3 is 5.73 Å². The van der Waals surface area contributed by atoms with E-state index in [-0.39, 0.29) is 0 Å². The van der Waals surface area contributed by atoms with E-state index in [1.165, 1.54) is 6.20 Å². The molecule has 1 aromatic carbocycles. The van der Waals surface area contributed by atoms with Crippen LogP contribution in [0.2, 0.25) is 0 Å². The second-order valence-electron chi connectivity index (χ2n) is 3.25. The number of halogens is 1. The van der Waals surface area contributed by atoms with Crippen LogP contribution in [0.1, 0.15) is 16.7 Å². The quantitative estimate of drug-likeness (QED) is 0.845. The van der Waals surface area contributed by atoms with Crippen molar-refractivity contribution in [3.63, 3.8) is 0 Å². The molecule has 4 heteroatoms. The van der Waals surface area contributed by atoms with E-state index in [0.29, 0.717) is 15.8 Å². The highest BCUT2D eigenvalue weighted by molar-refractivity contribution is 9.12. The van der Waals surface area contributed by atoms with E-state index in [1.54, 1.807) is 7.05 Å². The van der Waals surface area contributed by atoms with E-state index in [9.17, 15) is 0 Å². The number of allylic oxidation sites excluding steroid dienone is 1. The normalized spacial score (nSPS) is 12.4. The third-order valence-corrected chi connectivity index (χ3v) is 2.79. The maximum atomic E-state index is 9.07. The number of hydrogen-bond donors (Lipinski definition) is 1. The number of nitrogens with two attached hydrogens (primary N) is 1. The SMILES string of the molecule is CN=C(/C(Br)=C\N)c1ccc(C)cc1C#N. The van der Waals surface area contributed by atoms with Crippen molar-refractivity contribution in [3.8, 4) is 6.07 Å². The first-order valence-electron chi connectivity index (χ1n) is 4.69. The molecule has 16 heavy (non-hydrogen) atoms. The molecule has 0 bridgehead atoms. The third kappa shape index (κ3) is 2.50. The molecular formula is C12H12BrN3. The Morgan fingerprint density at radius 3 is 2.75 bits per heavy atom. The molecular weight excluding hydrogens is 266 g/mol. The van der Waals surface area contributed by atoms with Crippen LogP contribution in [0, 0.1) is 18.3 Å². The Labute approximate surface area is 103 Å². The fraction of sp³-hybridized carbons (Fsp3) is 0.167. The van der Waals surface area contributed by atoms with Gasteiger partial charge in [-0.15, -0.1) is 0 Å². The predicted molar refractivity (Wildman–Crippen MR) is 69.6 cm³/mol. The van der Waals surface area contributed by atoms with Crippen molar-refractivity contribution in [3.05, 3.63) is 45.6 Å². The number of benzene rings is 1. The van der Waals surface area contributed by atoms with Crippen LogP contribution < -0.4 is 5.73 Å². The van der Waals surface area contributed by atoms with Crippen LogP contribution in [0.15, 0.2) is 33.9 Å². The molecule has 0 aromatic heterocycles. The lowest BCUT2D eigenvalue weighted by Crippen LogP contribution is -2.05. The molecule has 0 atom stereocenters. The molecule has 82 valence electrons. The molecule has 0 radical (unpaired) electrons. The molecule has 0 unspecified atom stereocenters. The zero-order valence-corrected chi connectivity index (χ0v) is 10.7. The summed E-state index contributed by atoms with van der Waals surface area (Å²) >= 11 is 3.32. The number of aryl methyl sites for hydroxylation is 1. The minimum absolute atomic E-state index is 0.597. The molecule has 0 saturated heterocycles. The summed E-state index contributed by atoms with van der Waals surface area (Å²) in [5.41, 5.74) is 8.54. The lowest BCUT2D eigenvalue weighted by atomic mass is 10.0. The van der Waals surface area contributed by atoms with Gasteiger partial charge in [0.05, 0.1) is 21.8 Å². The van der Waals surface area contributed by atoms with Crippen molar-refractivity contribution in [1.82, 2.24) is 0 Å². The largest absolute Gasteiger partial charge is 0.404 e. The van der Waals surface area contributed by atoms with Gasteiger partial charge in [-0.3, -0.25) is 4.99 Å². The summed E-state index contributed by atoms with van der Waals surface area (Å²) in [5, 5.41) is 9.07. The van der Waals surface area contributed by atoms with Gasteiger partial charge in [-0.25, -0.2) is 0 Å². The summed E-state index contributed by atoms with van der Waals surface area (Å²) in [5.74, 6) is 0. The summed E-state index contributed by atoms with van der Waals surface area (Å²) in [6, 6.07) is 7.81. The van der Waals surface area contributed by atoms with Crippen molar-refractivity contribution in [2.45, 2.75) is 6.92 Å². The monoisotopic (exact) mass is 277 g/mol. The van der Waals surface area contributed by atoms with Gasteiger partial charge in [0.2, 0.25) is 0 Å². The topological polar surface area (TPSA) is 62.2 Å². The molecule has 0 spiro atoms. The Kier molecular flexibility index (Phi) is 4.27. The highest BCUT2D eigenvalue weighted by Gasteiger charge is 2.11. The molecule has 0 fully saturated rings. The lowest BCUT2D eigenvalue weighted by Gasteiger charge is -2.07. The molecule has 0 aliphatic heterocycles. The smallest absolute Gasteiger partial charge is 0.0998 e. The molecule has 0 aliphatic rings. The second-order valence-corrected chi connectivity index (χ2v) is 4.10. The highest BCUT2D eigenvalue weighted by atomic mass is 79.9. The number of nitrogens with zero attached hydrogens (tertiary/aromatic N) is 2. The molecule has 0 aliphatic carbocycles. The van der Waals surface area contributed by atoms with E-state index in [4.69, 9.17) is 11.0 Å². The fourth-order valence-electron chi connectivity index (χ4n) is 1.39. The molecule has 0 amide bonds. The van der Waals surface area contributed by atoms with Gasteiger partial charge in [0.1, 0.15) is 0 Å². The molecule has 2 N–H and O–H groups in total. The van der Waals surface area contributed by atoms with Gasteiger partial charge in [-0.2, -0.15) is 5.26 Å². The molecule has 1 rings (SSSR count). The van der Waals surface area contributed by atoms with Crippen LogP contribution in [0.25, 0.3) is 0 Å². The van der Waals surface area contributed by atoms with Crippen molar-refractivity contribution in [2.75, 3.05) is 7.05 Å². The lowest BCUT2D eigenvalue weighted by molar-refractivity contribution is 1.38. The Bertz CT molecular complexity index is 495. The van der Waals surface area contributed by atoms with Crippen LogP contribution in [0.4, 0.5) is 0 Å². The molecule has 3 nitrogen and oxygen atoms in total. The van der Waals surface area contributed by atoms with E-state index in [2.05, 4.69) is 27.0 Å². The van der Waals surface area contributed by atoms with Crippen molar-refractivity contribution < 1.29 is 0 Å². The van der Waals surface area contributed by atoms with E-state index in [0.717, 1.165) is 11.1 Å². The van der Waals surface area contributed by atoms with Gasteiger partial charge in [0, 0.05) is 18.8 Å². The Morgan fingerprint density at radius 2 is 2.25 bits per heavy atom. The van der Waals surface area contributed by atoms with Crippen molar-refractivity contribution in [1.29, 1.82) is 5.26 Å². The Morgan fingerprint density at radius 1 is 1.56 bits per heavy atom.